The molecule has 0 radical (unpaired) electrons. The molecule has 17 heavy (non-hydrogen) atoms. The maximum Gasteiger partial charge on any atom is 0.101 e. The first-order valence-corrected chi connectivity index (χ1v) is 6.42. The van der Waals surface area contributed by atoms with Gasteiger partial charge in [-0.05, 0) is 36.8 Å². The summed E-state index contributed by atoms with van der Waals surface area (Å²) in [6, 6.07) is 11.3. The van der Waals surface area contributed by atoms with E-state index in [2.05, 4.69) is 4.98 Å². The van der Waals surface area contributed by atoms with Gasteiger partial charge in [-0.25, -0.2) is 4.98 Å². The van der Waals surface area contributed by atoms with E-state index in [9.17, 15) is 5.11 Å². The van der Waals surface area contributed by atoms with Gasteiger partial charge in [0.2, 0.25) is 0 Å². The molecule has 2 rings (SSSR count). The largest absolute Gasteiger partial charge is 0.389 e. The Morgan fingerprint density at radius 1 is 1.29 bits per heavy atom. The van der Waals surface area contributed by atoms with Crippen molar-refractivity contribution in [2.45, 2.75) is 22.9 Å². The highest BCUT2D eigenvalue weighted by Gasteiger charge is 2.07. The average Bonchev–Trinajstić information content (AvgIpc) is 2.33. The van der Waals surface area contributed by atoms with E-state index in [4.69, 9.17) is 11.6 Å². The van der Waals surface area contributed by atoms with Gasteiger partial charge in [-0.3, -0.25) is 0 Å². The van der Waals surface area contributed by atoms with Crippen molar-refractivity contribution in [2.24, 2.45) is 0 Å². The molecule has 0 unspecified atom stereocenters. The molecular weight excluding hydrogens is 254 g/mol. The lowest BCUT2D eigenvalue weighted by molar-refractivity contribution is 0.199. The first kappa shape index (κ1) is 12.4. The van der Waals surface area contributed by atoms with Gasteiger partial charge in [-0.2, -0.15) is 0 Å². The van der Waals surface area contributed by atoms with Crippen LogP contribution in [0.3, 0.4) is 0 Å². The second-order valence-electron chi connectivity index (χ2n) is 3.64. The molecule has 2 nitrogen and oxygen atoms in total. The molecule has 0 amide bonds. The first-order chi connectivity index (χ1) is 8.16. The molecule has 1 atom stereocenters. The highest BCUT2D eigenvalue weighted by molar-refractivity contribution is 7.99. The quantitative estimate of drug-likeness (QED) is 0.913. The summed E-state index contributed by atoms with van der Waals surface area (Å²) >= 11 is 7.67. The molecule has 0 bridgehead atoms. The Morgan fingerprint density at radius 2 is 2.12 bits per heavy atom. The Bertz CT molecular complexity index is 502. The van der Waals surface area contributed by atoms with E-state index < -0.39 is 6.10 Å². The van der Waals surface area contributed by atoms with E-state index in [1.54, 1.807) is 19.2 Å². The van der Waals surface area contributed by atoms with Gasteiger partial charge in [0.25, 0.3) is 0 Å². The number of nitrogens with zero attached hydrogens (tertiary/aromatic N) is 1. The van der Waals surface area contributed by atoms with E-state index in [1.165, 1.54) is 11.8 Å². The molecule has 1 heterocycles. The van der Waals surface area contributed by atoms with E-state index in [0.29, 0.717) is 5.02 Å². The third kappa shape index (κ3) is 3.22. The van der Waals surface area contributed by atoms with Gasteiger partial charge in [-0.15, -0.1) is 0 Å². The SMILES string of the molecule is C[C@@H](O)c1ccc(Sc2ccccn2)c(Cl)c1. The van der Waals surface area contributed by atoms with Crippen LogP contribution in [-0.2, 0) is 0 Å². The summed E-state index contributed by atoms with van der Waals surface area (Å²) in [6.07, 6.45) is 1.25. The maximum absolute atomic E-state index is 9.45. The zero-order valence-electron chi connectivity index (χ0n) is 9.30. The van der Waals surface area contributed by atoms with Gasteiger partial charge >= 0.3 is 0 Å². The monoisotopic (exact) mass is 265 g/mol. The second-order valence-corrected chi connectivity index (χ2v) is 5.11. The topological polar surface area (TPSA) is 33.1 Å². The number of aliphatic hydroxyl groups excluding tert-OH is 1. The average molecular weight is 266 g/mol. The molecule has 0 fully saturated rings. The molecule has 0 aliphatic carbocycles. The Hall–Kier alpha value is -1.03. The predicted octanol–water partition coefficient (Wildman–Crippen LogP) is 3.94. The van der Waals surface area contributed by atoms with E-state index in [0.717, 1.165) is 15.5 Å². The van der Waals surface area contributed by atoms with Crippen molar-refractivity contribution < 1.29 is 5.11 Å². The Labute approximate surface area is 110 Å². The Balaban J connectivity index is 2.23. The van der Waals surface area contributed by atoms with Crippen LogP contribution in [0.4, 0.5) is 0 Å². The van der Waals surface area contributed by atoms with Gasteiger partial charge in [0.1, 0.15) is 5.03 Å². The van der Waals surface area contributed by atoms with Crippen LogP contribution in [0.5, 0.6) is 0 Å². The molecule has 4 heteroatoms. The van der Waals surface area contributed by atoms with Crippen LogP contribution in [0.1, 0.15) is 18.6 Å². The number of aliphatic hydroxyl groups is 1. The highest BCUT2D eigenvalue weighted by atomic mass is 35.5. The number of pyridine rings is 1. The standard InChI is InChI=1S/C13H12ClNOS/c1-9(16)10-5-6-12(11(14)8-10)17-13-4-2-3-7-15-13/h2-9,16H,1H3/t9-/m1/s1. The minimum Gasteiger partial charge on any atom is -0.389 e. The van der Waals surface area contributed by atoms with Crippen molar-refractivity contribution in [1.29, 1.82) is 0 Å². The Kier molecular flexibility index (Phi) is 4.05. The fraction of sp³-hybridized carbons (Fsp3) is 0.154. The third-order valence-corrected chi connectivity index (χ3v) is 3.74. The highest BCUT2D eigenvalue weighted by Crippen LogP contribution is 2.33. The zero-order chi connectivity index (χ0) is 12.3. The molecule has 0 spiro atoms. The van der Waals surface area contributed by atoms with Crippen LogP contribution >= 0.6 is 23.4 Å². The van der Waals surface area contributed by atoms with E-state index >= 15 is 0 Å². The molecule has 1 aromatic carbocycles. The molecule has 1 aromatic heterocycles. The zero-order valence-corrected chi connectivity index (χ0v) is 10.9. The van der Waals surface area contributed by atoms with Gasteiger partial charge in [0, 0.05) is 11.1 Å². The van der Waals surface area contributed by atoms with Crippen molar-refractivity contribution in [3.05, 3.63) is 53.2 Å². The molecule has 0 saturated carbocycles. The summed E-state index contributed by atoms with van der Waals surface area (Å²) < 4.78 is 0. The van der Waals surface area contributed by atoms with Crippen molar-refractivity contribution in [3.8, 4) is 0 Å². The number of aromatic nitrogens is 1. The minimum absolute atomic E-state index is 0.499. The second kappa shape index (κ2) is 5.54. The molecular formula is C13H12ClNOS. The summed E-state index contributed by atoms with van der Waals surface area (Å²) in [5, 5.41) is 11.0. The minimum atomic E-state index is -0.499. The molecule has 0 saturated heterocycles. The van der Waals surface area contributed by atoms with Crippen molar-refractivity contribution in [2.75, 3.05) is 0 Å². The predicted molar refractivity (Wildman–Crippen MR) is 70.4 cm³/mol. The smallest absolute Gasteiger partial charge is 0.101 e. The normalized spacial score (nSPS) is 12.4. The molecule has 1 N–H and O–H groups in total. The van der Waals surface area contributed by atoms with Crippen LogP contribution in [0.25, 0.3) is 0 Å². The van der Waals surface area contributed by atoms with E-state index in [1.807, 2.05) is 30.3 Å². The number of halogens is 1. The lowest BCUT2D eigenvalue weighted by Gasteiger charge is -2.08. The van der Waals surface area contributed by atoms with Gasteiger partial charge in [-0.1, -0.05) is 35.5 Å². The van der Waals surface area contributed by atoms with Crippen LogP contribution in [0.2, 0.25) is 5.02 Å². The molecule has 88 valence electrons. The number of benzene rings is 1. The summed E-state index contributed by atoms with van der Waals surface area (Å²) in [7, 11) is 0. The lowest BCUT2D eigenvalue weighted by Crippen LogP contribution is -1.90. The Morgan fingerprint density at radius 3 is 2.71 bits per heavy atom. The van der Waals surface area contributed by atoms with E-state index in [-0.39, 0.29) is 0 Å². The van der Waals surface area contributed by atoms with Crippen LogP contribution < -0.4 is 0 Å². The van der Waals surface area contributed by atoms with Crippen molar-refractivity contribution in [1.82, 2.24) is 4.98 Å². The maximum atomic E-state index is 9.45. The fourth-order valence-corrected chi connectivity index (χ4v) is 2.46. The van der Waals surface area contributed by atoms with Gasteiger partial charge in [0.15, 0.2) is 0 Å². The first-order valence-electron chi connectivity index (χ1n) is 5.23. The number of rotatable bonds is 3. The number of hydrogen-bond donors (Lipinski definition) is 1. The lowest BCUT2D eigenvalue weighted by atomic mass is 10.1. The summed E-state index contributed by atoms with van der Waals surface area (Å²) in [5.41, 5.74) is 0.820. The fourth-order valence-electron chi connectivity index (χ4n) is 1.38. The summed E-state index contributed by atoms with van der Waals surface area (Å²) in [4.78, 5) is 5.17. The number of hydrogen-bond acceptors (Lipinski definition) is 3. The van der Waals surface area contributed by atoms with Gasteiger partial charge < -0.3 is 5.11 Å². The van der Waals surface area contributed by atoms with Crippen molar-refractivity contribution in [3.63, 3.8) is 0 Å². The molecule has 2 aromatic rings. The van der Waals surface area contributed by atoms with Crippen LogP contribution in [0.15, 0.2) is 52.5 Å². The summed E-state index contributed by atoms with van der Waals surface area (Å²) in [6.45, 7) is 1.72. The van der Waals surface area contributed by atoms with Crippen molar-refractivity contribution >= 4 is 23.4 Å². The van der Waals surface area contributed by atoms with Crippen LogP contribution in [-0.4, -0.2) is 10.1 Å². The molecule has 0 aliphatic heterocycles. The third-order valence-electron chi connectivity index (χ3n) is 2.29. The van der Waals surface area contributed by atoms with Gasteiger partial charge in [0.05, 0.1) is 11.1 Å². The van der Waals surface area contributed by atoms with Crippen LogP contribution in [0, 0.1) is 0 Å². The molecule has 0 aliphatic rings. The summed E-state index contributed by atoms with van der Waals surface area (Å²) in [5.74, 6) is 0.